The quantitative estimate of drug-likeness (QED) is 0.333. The summed E-state index contributed by atoms with van der Waals surface area (Å²) in [5.41, 5.74) is -2.16. The predicted molar refractivity (Wildman–Crippen MR) is 162 cm³/mol. The summed E-state index contributed by atoms with van der Waals surface area (Å²) in [5, 5.41) is 9.80. The van der Waals surface area contributed by atoms with Crippen molar-refractivity contribution < 1.29 is 27.8 Å². The topological polar surface area (TPSA) is 116 Å². The number of ether oxygens (including phenoxy) is 2. The number of piperazine rings is 1. The summed E-state index contributed by atoms with van der Waals surface area (Å²) in [4.78, 5) is 36.7. The molecule has 0 radical (unpaired) electrons. The molecule has 5 rings (SSSR count). The molecule has 0 atom stereocenters. The molecule has 1 aromatic carbocycles. The number of carbonyl (C=O) groups is 2. The summed E-state index contributed by atoms with van der Waals surface area (Å²) in [7, 11) is 0. The fraction of sp³-hybridized carbons (Fsp3) is 0.467. The molecule has 2 aliphatic rings. The molecule has 2 amide bonds. The molecule has 0 aliphatic carbocycles. The van der Waals surface area contributed by atoms with Crippen LogP contribution in [0.25, 0.3) is 11.3 Å². The van der Waals surface area contributed by atoms with E-state index in [1.807, 2.05) is 26.8 Å². The number of carbonyl (C=O) groups excluding carboxylic acids is 2. The van der Waals surface area contributed by atoms with Gasteiger partial charge in [0.2, 0.25) is 0 Å². The number of amides is 2. The van der Waals surface area contributed by atoms with E-state index in [0.717, 1.165) is 56.1 Å². The number of rotatable bonds is 7. The second kappa shape index (κ2) is 12.9. The van der Waals surface area contributed by atoms with Gasteiger partial charge < -0.3 is 24.6 Å². The van der Waals surface area contributed by atoms with E-state index in [4.69, 9.17) is 21.3 Å². The van der Waals surface area contributed by atoms with Crippen molar-refractivity contribution in [3.8, 4) is 17.0 Å². The van der Waals surface area contributed by atoms with E-state index in [-0.39, 0.29) is 11.8 Å². The lowest BCUT2D eigenvalue weighted by Crippen LogP contribution is -2.54. The number of hydrogen-bond acceptors (Lipinski definition) is 8. The minimum absolute atomic E-state index is 0.137. The van der Waals surface area contributed by atoms with Crippen molar-refractivity contribution in [2.45, 2.75) is 50.8 Å². The third kappa shape index (κ3) is 8.14. The number of halogens is 3. The molecular formula is C30H36ClF2N7O4. The summed E-state index contributed by atoms with van der Waals surface area (Å²) < 4.78 is 35.6. The van der Waals surface area contributed by atoms with Crippen molar-refractivity contribution in [3.05, 3.63) is 54.4 Å². The van der Waals surface area contributed by atoms with Crippen LogP contribution in [0, 0.1) is 0 Å². The number of pyridine rings is 1. The first-order chi connectivity index (χ1) is 20.8. The van der Waals surface area contributed by atoms with Gasteiger partial charge in [0.05, 0.1) is 11.3 Å². The van der Waals surface area contributed by atoms with Crippen LogP contribution in [-0.4, -0.2) is 93.5 Å². The molecule has 2 N–H and O–H groups in total. The maximum Gasteiger partial charge on any atom is 0.487 e. The third-order valence-electron chi connectivity index (χ3n) is 7.51. The summed E-state index contributed by atoms with van der Waals surface area (Å²) >= 11 is 4.81. The summed E-state index contributed by atoms with van der Waals surface area (Å²) in [6.07, 6.45) is 4.71. The monoisotopic (exact) mass is 631 g/mol. The Morgan fingerprint density at radius 3 is 2.30 bits per heavy atom. The standard InChI is InChI=1S/C30H36ClF2N7O4/c1-29(2,3)44-28(42)40-12-9-22(10-13-40)38-14-16-39(17-15-38)26-24(25-8-11-35-37-25)18-20(19-34-26)27(41)36-21-4-6-23(7-5-21)43-30(31,32)33/h4-8,11,18-19,22H,9-10,12-17H2,1-3H3,(H,35,37)(H,36,41). The molecule has 14 heteroatoms. The van der Waals surface area contributed by atoms with Crippen LogP contribution in [0.5, 0.6) is 5.75 Å². The lowest BCUT2D eigenvalue weighted by Gasteiger charge is -2.43. The van der Waals surface area contributed by atoms with Crippen LogP contribution < -0.4 is 15.0 Å². The highest BCUT2D eigenvalue weighted by Gasteiger charge is 2.32. The van der Waals surface area contributed by atoms with Gasteiger partial charge in [-0.2, -0.15) is 5.10 Å². The molecule has 2 aromatic heterocycles. The van der Waals surface area contributed by atoms with Gasteiger partial charge in [0, 0.05) is 80.6 Å². The highest BCUT2D eigenvalue weighted by atomic mass is 35.5. The predicted octanol–water partition coefficient (Wildman–Crippen LogP) is 5.41. The molecule has 3 aromatic rings. The zero-order valence-electron chi connectivity index (χ0n) is 24.9. The van der Waals surface area contributed by atoms with Gasteiger partial charge in [-0.25, -0.2) is 9.78 Å². The minimum atomic E-state index is -3.82. The SMILES string of the molecule is CC(C)(C)OC(=O)N1CCC(N2CCN(c3ncc(C(=O)Nc4ccc(OC(F)(F)Cl)cc4)cc3-c3ccn[nH]3)CC2)CC1. The lowest BCUT2D eigenvalue weighted by atomic mass is 10.0. The molecule has 11 nitrogen and oxygen atoms in total. The van der Waals surface area contributed by atoms with Crippen LogP contribution in [0.1, 0.15) is 44.0 Å². The fourth-order valence-electron chi connectivity index (χ4n) is 5.42. The van der Waals surface area contributed by atoms with Crippen molar-refractivity contribution in [1.29, 1.82) is 0 Å². The third-order valence-corrected chi connectivity index (χ3v) is 7.59. The summed E-state index contributed by atoms with van der Waals surface area (Å²) in [6, 6.07) is 9.43. The highest BCUT2D eigenvalue weighted by Crippen LogP contribution is 2.31. The largest absolute Gasteiger partial charge is 0.487 e. The summed E-state index contributed by atoms with van der Waals surface area (Å²) in [6.45, 7) is 10.2. The molecule has 0 bridgehead atoms. The van der Waals surface area contributed by atoms with Gasteiger partial charge in [-0.3, -0.25) is 14.8 Å². The number of H-pyrrole nitrogens is 1. The zero-order valence-corrected chi connectivity index (χ0v) is 25.6. The van der Waals surface area contributed by atoms with Gasteiger partial charge in [-0.1, -0.05) is 0 Å². The number of hydrogen-bond donors (Lipinski definition) is 2. The molecule has 0 spiro atoms. The zero-order chi connectivity index (χ0) is 31.5. The Balaban J connectivity index is 1.21. The number of aromatic nitrogens is 3. The number of piperidine rings is 1. The first-order valence-corrected chi connectivity index (χ1v) is 14.9. The Bertz CT molecular complexity index is 1430. The molecule has 2 fully saturated rings. The van der Waals surface area contributed by atoms with E-state index < -0.39 is 17.1 Å². The van der Waals surface area contributed by atoms with Crippen LogP contribution >= 0.6 is 11.6 Å². The number of alkyl halides is 3. The molecule has 0 saturated carbocycles. The van der Waals surface area contributed by atoms with Crippen LogP contribution in [0.3, 0.4) is 0 Å². The molecular weight excluding hydrogens is 596 g/mol. The highest BCUT2D eigenvalue weighted by molar-refractivity contribution is 6.20. The smallest absolute Gasteiger partial charge is 0.444 e. The average molecular weight is 632 g/mol. The number of anilines is 2. The maximum atomic E-state index is 13.1. The van der Waals surface area contributed by atoms with Crippen molar-refractivity contribution in [3.63, 3.8) is 0 Å². The van der Waals surface area contributed by atoms with Gasteiger partial charge >= 0.3 is 11.7 Å². The first kappa shape index (κ1) is 31.5. The number of likely N-dealkylation sites (tertiary alicyclic amines) is 1. The van der Waals surface area contributed by atoms with Crippen LogP contribution in [0.15, 0.2) is 48.8 Å². The minimum Gasteiger partial charge on any atom is -0.444 e. The Labute approximate surface area is 259 Å². The Kier molecular flexibility index (Phi) is 9.26. The van der Waals surface area contributed by atoms with E-state index in [1.54, 1.807) is 17.2 Å². The number of benzene rings is 1. The average Bonchev–Trinajstić information content (AvgIpc) is 3.52. The van der Waals surface area contributed by atoms with Crippen LogP contribution in [-0.2, 0) is 4.74 Å². The van der Waals surface area contributed by atoms with E-state index in [2.05, 4.69) is 30.1 Å². The number of nitrogens with zero attached hydrogens (tertiary/aromatic N) is 5. The molecule has 44 heavy (non-hydrogen) atoms. The van der Waals surface area contributed by atoms with E-state index in [1.165, 1.54) is 30.5 Å². The first-order valence-electron chi connectivity index (χ1n) is 14.5. The van der Waals surface area contributed by atoms with Gasteiger partial charge in [0.1, 0.15) is 17.2 Å². The normalized spacial score (nSPS) is 17.0. The fourth-order valence-corrected chi connectivity index (χ4v) is 5.51. The molecule has 0 unspecified atom stereocenters. The van der Waals surface area contributed by atoms with Crippen molar-refractivity contribution in [2.75, 3.05) is 49.5 Å². The van der Waals surface area contributed by atoms with Gasteiger partial charge in [0.25, 0.3) is 5.91 Å². The van der Waals surface area contributed by atoms with Gasteiger partial charge in [-0.05, 0) is 70.0 Å². The van der Waals surface area contributed by atoms with E-state index in [0.29, 0.717) is 30.4 Å². The second-order valence-electron chi connectivity index (χ2n) is 11.8. The molecule has 236 valence electrons. The molecule has 2 saturated heterocycles. The second-order valence-corrected chi connectivity index (χ2v) is 12.3. The Morgan fingerprint density at radius 1 is 1.02 bits per heavy atom. The van der Waals surface area contributed by atoms with Gasteiger partial charge in [0.15, 0.2) is 0 Å². The van der Waals surface area contributed by atoms with Crippen molar-refractivity contribution in [2.24, 2.45) is 0 Å². The van der Waals surface area contributed by atoms with E-state index >= 15 is 0 Å². The van der Waals surface area contributed by atoms with Crippen LogP contribution in [0.4, 0.5) is 25.1 Å². The Morgan fingerprint density at radius 2 is 1.70 bits per heavy atom. The molecule has 4 heterocycles. The van der Waals surface area contributed by atoms with Crippen molar-refractivity contribution in [1.82, 2.24) is 25.0 Å². The molecule has 2 aliphatic heterocycles. The maximum absolute atomic E-state index is 13.1. The summed E-state index contributed by atoms with van der Waals surface area (Å²) in [5.74, 6) is 0.194. The Hall–Kier alpha value is -3.97. The van der Waals surface area contributed by atoms with Crippen molar-refractivity contribution >= 4 is 35.1 Å². The lowest BCUT2D eigenvalue weighted by molar-refractivity contribution is -0.0964. The number of aromatic amines is 1. The number of nitrogens with one attached hydrogen (secondary N) is 2. The van der Waals surface area contributed by atoms with Gasteiger partial charge in [-0.15, -0.1) is 8.78 Å². The van der Waals surface area contributed by atoms with Crippen LogP contribution in [0.2, 0.25) is 0 Å². The van der Waals surface area contributed by atoms with E-state index in [9.17, 15) is 18.4 Å².